The summed E-state index contributed by atoms with van der Waals surface area (Å²) in [5, 5.41) is 0. The molecule has 1 aliphatic heterocycles. The number of furan rings is 1. The summed E-state index contributed by atoms with van der Waals surface area (Å²) in [6.45, 7) is 4.52. The molecule has 0 aliphatic carbocycles. The van der Waals surface area contributed by atoms with Crippen molar-refractivity contribution in [2.45, 2.75) is 38.8 Å². The molecule has 0 radical (unpaired) electrons. The predicted molar refractivity (Wildman–Crippen MR) is 103 cm³/mol. The van der Waals surface area contributed by atoms with Crippen molar-refractivity contribution in [3.8, 4) is 0 Å². The summed E-state index contributed by atoms with van der Waals surface area (Å²) in [7, 11) is 3.26. The third kappa shape index (κ3) is 3.76. The molecule has 2 heterocycles. The Labute approximate surface area is 159 Å². The van der Waals surface area contributed by atoms with Crippen LogP contribution in [0.15, 0.2) is 40.8 Å². The molecule has 1 amide bonds. The van der Waals surface area contributed by atoms with E-state index in [0.29, 0.717) is 5.76 Å². The topological polar surface area (TPSA) is 63.0 Å². The van der Waals surface area contributed by atoms with Gasteiger partial charge in [0.2, 0.25) is 11.7 Å². The van der Waals surface area contributed by atoms with Crippen molar-refractivity contribution in [1.29, 1.82) is 0 Å². The van der Waals surface area contributed by atoms with Gasteiger partial charge in [-0.15, -0.1) is 0 Å². The van der Waals surface area contributed by atoms with Crippen LogP contribution in [-0.4, -0.2) is 43.5 Å². The van der Waals surface area contributed by atoms with Crippen LogP contribution in [0.4, 0.5) is 5.69 Å². The fourth-order valence-electron chi connectivity index (χ4n) is 3.58. The van der Waals surface area contributed by atoms with Gasteiger partial charge in [-0.2, -0.15) is 0 Å². The number of rotatable bonds is 5. The minimum Gasteiger partial charge on any atom is -0.463 e. The van der Waals surface area contributed by atoms with Crippen LogP contribution in [0.5, 0.6) is 0 Å². The molecule has 0 saturated carbocycles. The first kappa shape index (κ1) is 19.2. The van der Waals surface area contributed by atoms with Crippen LogP contribution in [0.1, 0.15) is 47.7 Å². The van der Waals surface area contributed by atoms with Gasteiger partial charge in [-0.25, -0.2) is 4.79 Å². The van der Waals surface area contributed by atoms with E-state index in [-0.39, 0.29) is 23.8 Å². The van der Waals surface area contributed by atoms with Gasteiger partial charge in [0.15, 0.2) is 0 Å². The summed E-state index contributed by atoms with van der Waals surface area (Å²) in [5.74, 6) is 0.476. The number of aryl methyl sites for hydroxylation is 1. The highest BCUT2D eigenvalue weighted by Gasteiger charge is 2.35. The van der Waals surface area contributed by atoms with Gasteiger partial charge in [-0.1, -0.05) is 18.2 Å². The number of piperidine rings is 1. The van der Waals surface area contributed by atoms with Crippen molar-refractivity contribution < 1.29 is 18.7 Å². The Morgan fingerprint density at radius 1 is 1.33 bits per heavy atom. The van der Waals surface area contributed by atoms with Gasteiger partial charge < -0.3 is 14.1 Å². The monoisotopic (exact) mass is 370 g/mol. The number of carbonyl (C=O) groups excluding carboxylic acids is 2. The zero-order chi connectivity index (χ0) is 19.6. The van der Waals surface area contributed by atoms with Gasteiger partial charge in [-0.05, 0) is 51.9 Å². The zero-order valence-corrected chi connectivity index (χ0v) is 16.3. The minimum atomic E-state index is -0.488. The van der Waals surface area contributed by atoms with E-state index in [2.05, 4.69) is 0 Å². The van der Waals surface area contributed by atoms with E-state index < -0.39 is 5.97 Å². The first-order chi connectivity index (χ1) is 12.9. The maximum atomic E-state index is 13.1. The van der Waals surface area contributed by atoms with Crippen LogP contribution < -0.4 is 4.90 Å². The lowest BCUT2D eigenvalue weighted by Crippen LogP contribution is -2.52. The highest BCUT2D eigenvalue weighted by Crippen LogP contribution is 2.30. The number of anilines is 1. The van der Waals surface area contributed by atoms with E-state index >= 15 is 0 Å². The number of hydrogen-bond acceptors (Lipinski definition) is 5. The number of carbonyl (C=O) groups is 2. The number of ether oxygens (including phenoxy) is 1. The molecule has 0 N–H and O–H groups in total. The Balaban J connectivity index is 1.79. The number of benzene rings is 1. The number of nitrogens with zero attached hydrogens (tertiary/aromatic N) is 2. The van der Waals surface area contributed by atoms with E-state index in [0.717, 1.165) is 30.6 Å². The van der Waals surface area contributed by atoms with E-state index in [1.807, 2.05) is 67.1 Å². The number of methoxy groups -OCH3 is 1. The smallest absolute Gasteiger partial charge is 0.374 e. The fraction of sp³-hybridized carbons (Fsp3) is 0.429. The summed E-state index contributed by atoms with van der Waals surface area (Å²) >= 11 is 0. The highest BCUT2D eigenvalue weighted by atomic mass is 16.5. The fourth-order valence-corrected chi connectivity index (χ4v) is 3.58. The molecule has 27 heavy (non-hydrogen) atoms. The molecule has 1 aromatic heterocycles. The van der Waals surface area contributed by atoms with Crippen molar-refractivity contribution in [3.63, 3.8) is 0 Å². The molecule has 0 spiro atoms. The molecule has 6 heteroatoms. The number of likely N-dealkylation sites (N-methyl/N-ethyl adjacent to an activating group) is 1. The molecule has 2 aromatic rings. The first-order valence-electron chi connectivity index (χ1n) is 9.21. The summed E-state index contributed by atoms with van der Waals surface area (Å²) in [4.78, 5) is 28.8. The zero-order valence-electron chi connectivity index (χ0n) is 16.3. The molecule has 1 aromatic carbocycles. The lowest BCUT2D eigenvalue weighted by molar-refractivity contribution is -0.125. The normalized spacial score (nSPS) is 18.6. The molecule has 2 atom stereocenters. The Morgan fingerprint density at radius 3 is 2.70 bits per heavy atom. The maximum Gasteiger partial charge on any atom is 0.374 e. The molecule has 1 saturated heterocycles. The van der Waals surface area contributed by atoms with Crippen molar-refractivity contribution in [1.82, 2.24) is 4.90 Å². The number of esters is 1. The Bertz CT molecular complexity index is 815. The SMILES string of the molecule is COC(=O)c1oc([C@H](C)N(C)[C@@H]2CCCN(c3ccccc3)C2=O)cc1C. The summed E-state index contributed by atoms with van der Waals surface area (Å²) in [6.07, 6.45) is 1.74. The molecule has 1 fully saturated rings. The lowest BCUT2D eigenvalue weighted by atomic mass is 10.0. The van der Waals surface area contributed by atoms with Crippen LogP contribution in [0.3, 0.4) is 0 Å². The quantitative estimate of drug-likeness (QED) is 0.753. The van der Waals surface area contributed by atoms with Crippen molar-refractivity contribution in [3.05, 3.63) is 53.5 Å². The summed E-state index contributed by atoms with van der Waals surface area (Å²) in [5.41, 5.74) is 1.66. The molecule has 1 aliphatic rings. The molecule has 0 unspecified atom stereocenters. The van der Waals surface area contributed by atoms with Crippen LogP contribution >= 0.6 is 0 Å². The largest absolute Gasteiger partial charge is 0.463 e. The second-order valence-corrected chi connectivity index (χ2v) is 6.98. The molecule has 6 nitrogen and oxygen atoms in total. The van der Waals surface area contributed by atoms with Crippen molar-refractivity contribution in [2.75, 3.05) is 25.6 Å². The lowest BCUT2D eigenvalue weighted by Gasteiger charge is -2.38. The Kier molecular flexibility index (Phi) is 5.65. The summed E-state index contributed by atoms with van der Waals surface area (Å²) in [6, 6.07) is 11.2. The summed E-state index contributed by atoms with van der Waals surface area (Å²) < 4.78 is 10.5. The molecule has 3 rings (SSSR count). The average molecular weight is 370 g/mol. The minimum absolute atomic E-state index is 0.0956. The van der Waals surface area contributed by atoms with Gasteiger partial charge in [-0.3, -0.25) is 9.69 Å². The van der Waals surface area contributed by atoms with E-state index in [1.54, 1.807) is 0 Å². The van der Waals surface area contributed by atoms with Crippen LogP contribution in [0, 0.1) is 6.92 Å². The van der Waals surface area contributed by atoms with Crippen LogP contribution in [0.25, 0.3) is 0 Å². The van der Waals surface area contributed by atoms with Gasteiger partial charge in [0.05, 0.1) is 19.2 Å². The van der Waals surface area contributed by atoms with Gasteiger partial charge >= 0.3 is 5.97 Å². The second kappa shape index (κ2) is 7.96. The Hall–Kier alpha value is -2.60. The molecule has 144 valence electrons. The predicted octanol–water partition coefficient (Wildman–Crippen LogP) is 3.56. The van der Waals surface area contributed by atoms with Gasteiger partial charge in [0, 0.05) is 17.8 Å². The third-order valence-electron chi connectivity index (χ3n) is 5.30. The Morgan fingerprint density at radius 2 is 2.04 bits per heavy atom. The van der Waals surface area contributed by atoms with Gasteiger partial charge in [0.25, 0.3) is 0 Å². The standard InChI is InChI=1S/C21H26N2O4/c1-14-13-18(27-19(14)21(25)26-4)15(2)22(3)17-11-8-12-23(20(17)24)16-9-6-5-7-10-16/h5-7,9-10,13,15,17H,8,11-12H2,1-4H3/t15-,17+/m0/s1. The molecular weight excluding hydrogens is 344 g/mol. The van der Waals surface area contributed by atoms with Crippen molar-refractivity contribution >= 4 is 17.6 Å². The van der Waals surface area contributed by atoms with E-state index in [4.69, 9.17) is 9.15 Å². The van der Waals surface area contributed by atoms with Crippen molar-refractivity contribution in [2.24, 2.45) is 0 Å². The number of para-hydroxylation sites is 1. The number of hydrogen-bond donors (Lipinski definition) is 0. The molecule has 0 bridgehead atoms. The number of amides is 1. The van der Waals surface area contributed by atoms with Crippen LogP contribution in [-0.2, 0) is 9.53 Å². The van der Waals surface area contributed by atoms with E-state index in [1.165, 1.54) is 7.11 Å². The first-order valence-corrected chi connectivity index (χ1v) is 9.21. The van der Waals surface area contributed by atoms with Gasteiger partial charge in [0.1, 0.15) is 5.76 Å². The second-order valence-electron chi connectivity index (χ2n) is 6.98. The maximum absolute atomic E-state index is 13.1. The molecular formula is C21H26N2O4. The van der Waals surface area contributed by atoms with Crippen LogP contribution in [0.2, 0.25) is 0 Å². The van der Waals surface area contributed by atoms with E-state index in [9.17, 15) is 9.59 Å². The average Bonchev–Trinajstić information content (AvgIpc) is 3.08. The third-order valence-corrected chi connectivity index (χ3v) is 5.30. The highest BCUT2D eigenvalue weighted by molar-refractivity contribution is 5.97.